The average Bonchev–Trinajstić information content (AvgIpc) is 2.61. The first-order chi connectivity index (χ1) is 12.0. The summed E-state index contributed by atoms with van der Waals surface area (Å²) in [6, 6.07) is 15.1. The van der Waals surface area contributed by atoms with Crippen molar-refractivity contribution < 1.29 is 0 Å². The van der Waals surface area contributed by atoms with E-state index in [2.05, 4.69) is 31.4 Å². The second-order valence-corrected chi connectivity index (χ2v) is 7.61. The minimum Gasteiger partial charge on any atom is -0.324 e. The Morgan fingerprint density at radius 1 is 1.12 bits per heavy atom. The molecule has 1 N–H and O–H groups in total. The van der Waals surface area contributed by atoms with Gasteiger partial charge in [0.1, 0.15) is 5.69 Å². The molecule has 0 radical (unpaired) electrons. The van der Waals surface area contributed by atoms with Crippen LogP contribution in [-0.4, -0.2) is 14.8 Å². The molecule has 1 aromatic heterocycles. The van der Waals surface area contributed by atoms with E-state index in [4.69, 9.17) is 11.6 Å². The molecule has 0 fully saturated rings. The van der Waals surface area contributed by atoms with Gasteiger partial charge in [-0.05, 0) is 48.5 Å². The molecular weight excluding hydrogens is 424 g/mol. The molecule has 25 heavy (non-hydrogen) atoms. The lowest BCUT2D eigenvalue weighted by Gasteiger charge is -2.10. The number of aromatic nitrogens is 3. The van der Waals surface area contributed by atoms with Crippen molar-refractivity contribution in [3.8, 4) is 0 Å². The van der Waals surface area contributed by atoms with Crippen LogP contribution in [0.5, 0.6) is 0 Å². The van der Waals surface area contributed by atoms with E-state index in [1.165, 1.54) is 4.57 Å². The van der Waals surface area contributed by atoms with Crippen LogP contribution in [0.3, 0.4) is 0 Å². The molecule has 0 aliphatic rings. The normalized spacial score (nSPS) is 10.7. The van der Waals surface area contributed by atoms with Gasteiger partial charge >= 0.3 is 0 Å². The van der Waals surface area contributed by atoms with E-state index in [9.17, 15) is 4.79 Å². The van der Waals surface area contributed by atoms with E-state index in [0.717, 1.165) is 15.1 Å². The maximum Gasteiger partial charge on any atom is 0.277 e. The zero-order valence-electron chi connectivity index (χ0n) is 13.2. The van der Waals surface area contributed by atoms with Crippen LogP contribution >= 0.6 is 39.3 Å². The van der Waals surface area contributed by atoms with Gasteiger partial charge in [-0.15, -0.1) is 22.0 Å². The highest BCUT2D eigenvalue weighted by Gasteiger charge is 2.10. The number of anilines is 2. The van der Waals surface area contributed by atoms with Gasteiger partial charge in [0, 0.05) is 32.9 Å². The minimum absolute atomic E-state index is 0.170. The Labute approximate surface area is 162 Å². The first-order valence-corrected chi connectivity index (χ1v) is 9.52. The second-order valence-electron chi connectivity index (χ2n) is 5.21. The van der Waals surface area contributed by atoms with E-state index < -0.39 is 0 Å². The van der Waals surface area contributed by atoms with Gasteiger partial charge in [0.2, 0.25) is 5.95 Å². The van der Waals surface area contributed by atoms with Crippen LogP contribution in [0, 0.1) is 0 Å². The van der Waals surface area contributed by atoms with Crippen molar-refractivity contribution in [2.24, 2.45) is 7.05 Å². The third-order valence-electron chi connectivity index (χ3n) is 3.42. The maximum absolute atomic E-state index is 12.5. The molecule has 0 atom stereocenters. The van der Waals surface area contributed by atoms with E-state index in [1.54, 1.807) is 30.9 Å². The van der Waals surface area contributed by atoms with E-state index in [1.807, 2.05) is 36.4 Å². The summed E-state index contributed by atoms with van der Waals surface area (Å²) < 4.78 is 2.48. The van der Waals surface area contributed by atoms with Crippen molar-refractivity contribution in [2.75, 3.05) is 5.32 Å². The number of nitrogens with zero attached hydrogens (tertiary/aromatic N) is 3. The predicted molar refractivity (Wildman–Crippen MR) is 106 cm³/mol. The molecule has 0 saturated carbocycles. The molecule has 0 amide bonds. The van der Waals surface area contributed by atoms with Gasteiger partial charge in [-0.25, -0.2) is 0 Å². The largest absolute Gasteiger partial charge is 0.324 e. The number of hydrogen-bond donors (Lipinski definition) is 1. The first kappa shape index (κ1) is 18.0. The van der Waals surface area contributed by atoms with E-state index >= 15 is 0 Å². The first-order valence-electron chi connectivity index (χ1n) is 7.36. The van der Waals surface area contributed by atoms with Gasteiger partial charge < -0.3 is 5.32 Å². The molecule has 0 aliphatic heterocycles. The fourth-order valence-electron chi connectivity index (χ4n) is 2.05. The quantitative estimate of drug-likeness (QED) is 0.590. The number of rotatable bonds is 5. The Bertz CT molecular complexity index is 929. The molecule has 2 aromatic carbocycles. The molecule has 3 rings (SSSR count). The van der Waals surface area contributed by atoms with Crippen molar-refractivity contribution in [1.29, 1.82) is 0 Å². The Morgan fingerprint density at radius 3 is 2.48 bits per heavy atom. The zero-order chi connectivity index (χ0) is 17.8. The summed E-state index contributed by atoms with van der Waals surface area (Å²) in [5.41, 5.74) is 1.03. The Balaban J connectivity index is 1.74. The summed E-state index contributed by atoms with van der Waals surface area (Å²) >= 11 is 10.8. The Morgan fingerprint density at radius 2 is 1.80 bits per heavy atom. The average molecular weight is 438 g/mol. The fraction of sp³-hybridized carbons (Fsp3) is 0.118. The molecule has 3 aromatic rings. The molecule has 0 aliphatic carbocycles. The summed E-state index contributed by atoms with van der Waals surface area (Å²) in [5.74, 6) is 0.840. The van der Waals surface area contributed by atoms with Crippen molar-refractivity contribution in [2.45, 2.75) is 10.6 Å². The zero-order valence-corrected chi connectivity index (χ0v) is 16.4. The van der Waals surface area contributed by atoms with Crippen LogP contribution in [0.15, 0.2) is 62.7 Å². The topological polar surface area (TPSA) is 59.8 Å². The van der Waals surface area contributed by atoms with Crippen molar-refractivity contribution in [3.63, 3.8) is 0 Å². The summed E-state index contributed by atoms with van der Waals surface area (Å²) in [6.45, 7) is 0. The minimum atomic E-state index is -0.170. The van der Waals surface area contributed by atoms with Gasteiger partial charge in [-0.3, -0.25) is 9.36 Å². The molecule has 1 heterocycles. The molecule has 8 heteroatoms. The van der Waals surface area contributed by atoms with E-state index in [0.29, 0.717) is 22.4 Å². The van der Waals surface area contributed by atoms with Crippen LogP contribution in [0.4, 0.5) is 11.6 Å². The lowest BCUT2D eigenvalue weighted by molar-refractivity contribution is 0.764. The summed E-state index contributed by atoms with van der Waals surface area (Å²) in [7, 11) is 1.67. The fourth-order valence-corrected chi connectivity index (χ4v) is 3.26. The van der Waals surface area contributed by atoms with Crippen LogP contribution in [-0.2, 0) is 12.8 Å². The van der Waals surface area contributed by atoms with Crippen molar-refractivity contribution in [1.82, 2.24) is 14.8 Å². The highest BCUT2D eigenvalue weighted by Crippen LogP contribution is 2.23. The van der Waals surface area contributed by atoms with Crippen LogP contribution in [0.1, 0.15) is 5.69 Å². The summed E-state index contributed by atoms with van der Waals surface area (Å²) in [4.78, 5) is 13.6. The number of halogens is 2. The lowest BCUT2D eigenvalue weighted by atomic mass is 10.3. The standard InChI is InChI=1S/C17H14BrClN4OS/c1-23-16(24)15(10-25-14-8-2-11(18)3-9-14)21-22-17(23)20-13-6-4-12(19)5-7-13/h2-9H,10H2,1H3,(H,20,22). The van der Waals surface area contributed by atoms with Crippen LogP contribution in [0.2, 0.25) is 5.02 Å². The highest BCUT2D eigenvalue weighted by atomic mass is 79.9. The number of hydrogen-bond acceptors (Lipinski definition) is 5. The number of thioether (sulfide) groups is 1. The molecule has 0 unspecified atom stereocenters. The summed E-state index contributed by atoms with van der Waals surface area (Å²) in [5, 5.41) is 11.9. The van der Waals surface area contributed by atoms with E-state index in [-0.39, 0.29) is 5.56 Å². The SMILES string of the molecule is Cn1c(Nc2ccc(Cl)cc2)nnc(CSc2ccc(Br)cc2)c1=O. The van der Waals surface area contributed by atoms with Crippen LogP contribution < -0.4 is 10.9 Å². The number of nitrogens with one attached hydrogen (secondary N) is 1. The Hall–Kier alpha value is -1.83. The van der Waals surface area contributed by atoms with Gasteiger partial charge in [0.15, 0.2) is 0 Å². The predicted octanol–water partition coefficient (Wildman–Crippen LogP) is 4.63. The molecule has 5 nitrogen and oxygen atoms in total. The molecule has 0 spiro atoms. The lowest BCUT2D eigenvalue weighted by Crippen LogP contribution is -2.26. The third-order valence-corrected chi connectivity index (χ3v) is 5.23. The van der Waals surface area contributed by atoms with Crippen molar-refractivity contribution in [3.05, 3.63) is 74.1 Å². The van der Waals surface area contributed by atoms with Gasteiger partial charge in [0.25, 0.3) is 5.56 Å². The smallest absolute Gasteiger partial charge is 0.277 e. The third kappa shape index (κ3) is 4.62. The second kappa shape index (κ2) is 8.03. The van der Waals surface area contributed by atoms with Gasteiger partial charge in [-0.1, -0.05) is 27.5 Å². The van der Waals surface area contributed by atoms with Gasteiger partial charge in [0.05, 0.1) is 0 Å². The maximum atomic E-state index is 12.5. The molecular formula is C17H14BrClN4OS. The van der Waals surface area contributed by atoms with Crippen molar-refractivity contribution >= 4 is 50.9 Å². The number of benzene rings is 2. The highest BCUT2D eigenvalue weighted by molar-refractivity contribution is 9.10. The molecule has 0 bridgehead atoms. The summed E-state index contributed by atoms with van der Waals surface area (Å²) in [6.07, 6.45) is 0. The van der Waals surface area contributed by atoms with Crippen LogP contribution in [0.25, 0.3) is 0 Å². The molecule has 0 saturated heterocycles. The molecule has 128 valence electrons. The Kier molecular flexibility index (Phi) is 5.78. The van der Waals surface area contributed by atoms with Gasteiger partial charge in [-0.2, -0.15) is 0 Å². The monoisotopic (exact) mass is 436 g/mol.